The topological polar surface area (TPSA) is 67.8 Å². The number of phenolic OH excluding ortho intramolecular Hbond substituents is 1. The molecule has 0 aliphatic carbocycles. The third-order valence-electron chi connectivity index (χ3n) is 4.34. The van der Waals surface area contributed by atoms with Gasteiger partial charge in [0.25, 0.3) is 5.91 Å². The Labute approximate surface area is 155 Å². The van der Waals surface area contributed by atoms with Crippen molar-refractivity contribution in [2.45, 2.75) is 38.9 Å². The van der Waals surface area contributed by atoms with E-state index in [0.29, 0.717) is 24.3 Å². The number of nitrogens with one attached hydrogen (secondary N) is 1. The van der Waals surface area contributed by atoms with Crippen LogP contribution < -0.4 is 10.1 Å². The Morgan fingerprint density at radius 2 is 1.85 bits per heavy atom. The first-order valence-corrected chi connectivity index (χ1v) is 8.89. The largest absolute Gasteiger partial charge is 0.508 e. The number of amides is 1. The summed E-state index contributed by atoms with van der Waals surface area (Å²) in [6.07, 6.45) is 1.29. The van der Waals surface area contributed by atoms with E-state index in [1.165, 1.54) is 0 Å². The number of rotatable bonds is 9. The van der Waals surface area contributed by atoms with Crippen molar-refractivity contribution >= 4 is 5.91 Å². The van der Waals surface area contributed by atoms with Crippen LogP contribution in [0.2, 0.25) is 0 Å². The summed E-state index contributed by atoms with van der Waals surface area (Å²) in [5, 5.41) is 12.2. The van der Waals surface area contributed by atoms with Gasteiger partial charge in [-0.05, 0) is 49.6 Å². The van der Waals surface area contributed by atoms with Crippen LogP contribution in [0.5, 0.6) is 11.5 Å². The molecule has 2 N–H and O–H groups in total. The van der Waals surface area contributed by atoms with Gasteiger partial charge in [0.05, 0.1) is 11.7 Å². The molecule has 0 radical (unpaired) electrons. The maximum Gasteiger partial charge on any atom is 0.255 e. The minimum absolute atomic E-state index is 0.0642. The number of methoxy groups -OCH3 is 1. The van der Waals surface area contributed by atoms with Crippen LogP contribution in [0.1, 0.15) is 36.2 Å². The summed E-state index contributed by atoms with van der Waals surface area (Å²) in [5.74, 6) is 0.629. The number of carbonyl (C=O) groups excluding carboxylic acids is 1. The van der Waals surface area contributed by atoms with Crippen LogP contribution >= 0.6 is 0 Å². The minimum Gasteiger partial charge on any atom is -0.508 e. The Balaban J connectivity index is 1.98. The number of benzene rings is 2. The fourth-order valence-corrected chi connectivity index (χ4v) is 2.66. The second kappa shape index (κ2) is 9.82. The van der Waals surface area contributed by atoms with Crippen molar-refractivity contribution in [3.8, 4) is 11.5 Å². The van der Waals surface area contributed by atoms with E-state index in [4.69, 9.17) is 9.47 Å². The first-order valence-electron chi connectivity index (χ1n) is 8.89. The zero-order valence-corrected chi connectivity index (χ0v) is 15.6. The van der Waals surface area contributed by atoms with E-state index in [2.05, 4.69) is 5.32 Å². The highest BCUT2D eigenvalue weighted by Gasteiger charge is 2.20. The molecule has 2 rings (SSSR count). The quantitative estimate of drug-likeness (QED) is 0.720. The van der Waals surface area contributed by atoms with Gasteiger partial charge in [0, 0.05) is 13.7 Å². The fourth-order valence-electron chi connectivity index (χ4n) is 2.66. The molecule has 5 heteroatoms. The number of aromatic hydroxyl groups is 1. The molecule has 0 saturated heterocycles. The summed E-state index contributed by atoms with van der Waals surface area (Å²) in [5.41, 5.74) is 1.56. The monoisotopic (exact) mass is 357 g/mol. The Morgan fingerprint density at radius 1 is 1.15 bits per heavy atom. The van der Waals surface area contributed by atoms with E-state index in [1.807, 2.05) is 38.1 Å². The van der Waals surface area contributed by atoms with Crippen LogP contribution in [0.4, 0.5) is 0 Å². The van der Waals surface area contributed by atoms with Gasteiger partial charge < -0.3 is 19.9 Å². The van der Waals surface area contributed by atoms with Gasteiger partial charge in [0.2, 0.25) is 0 Å². The number of ether oxygens (including phenoxy) is 2. The molecule has 0 spiro atoms. The minimum atomic E-state index is -0.167. The molecule has 2 aromatic rings. The zero-order valence-electron chi connectivity index (χ0n) is 15.6. The number of hydrogen-bond donors (Lipinski definition) is 2. The lowest BCUT2D eigenvalue weighted by molar-refractivity contribution is 0.0118. The van der Waals surface area contributed by atoms with Crippen LogP contribution in [0.25, 0.3) is 0 Å². The van der Waals surface area contributed by atoms with Gasteiger partial charge in [0.15, 0.2) is 0 Å². The lowest BCUT2D eigenvalue weighted by Gasteiger charge is -2.24. The van der Waals surface area contributed by atoms with E-state index in [9.17, 15) is 9.90 Å². The van der Waals surface area contributed by atoms with Crippen molar-refractivity contribution in [2.75, 3.05) is 13.7 Å². The molecule has 26 heavy (non-hydrogen) atoms. The maximum atomic E-state index is 12.6. The number of para-hydroxylation sites is 1. The van der Waals surface area contributed by atoms with Gasteiger partial charge in [-0.2, -0.15) is 0 Å². The fraction of sp³-hybridized carbons (Fsp3) is 0.381. The Kier molecular flexibility index (Phi) is 7.48. The predicted octanol–water partition coefficient (Wildman–Crippen LogP) is 3.56. The van der Waals surface area contributed by atoms with Crippen molar-refractivity contribution in [3.63, 3.8) is 0 Å². The first kappa shape index (κ1) is 19.8. The predicted molar refractivity (Wildman–Crippen MR) is 102 cm³/mol. The molecule has 0 bridgehead atoms. The summed E-state index contributed by atoms with van der Waals surface area (Å²) in [4.78, 5) is 12.6. The lowest BCUT2D eigenvalue weighted by Crippen LogP contribution is -2.32. The van der Waals surface area contributed by atoms with Gasteiger partial charge in [-0.3, -0.25) is 4.79 Å². The van der Waals surface area contributed by atoms with Crippen molar-refractivity contribution in [2.24, 2.45) is 0 Å². The van der Waals surface area contributed by atoms with Gasteiger partial charge in [-0.15, -0.1) is 0 Å². The van der Waals surface area contributed by atoms with Gasteiger partial charge in [-0.1, -0.05) is 31.2 Å². The molecule has 0 saturated carbocycles. The molecule has 5 nitrogen and oxygen atoms in total. The van der Waals surface area contributed by atoms with Crippen molar-refractivity contribution in [1.29, 1.82) is 0 Å². The molecule has 1 amide bonds. The van der Waals surface area contributed by atoms with Crippen molar-refractivity contribution in [3.05, 3.63) is 59.7 Å². The van der Waals surface area contributed by atoms with Crippen LogP contribution in [0.3, 0.4) is 0 Å². The first-order chi connectivity index (χ1) is 12.5. The second-order valence-electron chi connectivity index (χ2n) is 6.17. The molecular formula is C21H27NO4. The van der Waals surface area contributed by atoms with E-state index >= 15 is 0 Å². The summed E-state index contributed by atoms with van der Waals surface area (Å²) < 4.78 is 11.4. The summed E-state index contributed by atoms with van der Waals surface area (Å²) in [6.45, 7) is 4.48. The third kappa shape index (κ3) is 5.49. The smallest absolute Gasteiger partial charge is 0.255 e. The summed E-state index contributed by atoms with van der Waals surface area (Å²) >= 11 is 0. The third-order valence-corrected chi connectivity index (χ3v) is 4.34. The second-order valence-corrected chi connectivity index (χ2v) is 6.17. The highest BCUT2D eigenvalue weighted by Crippen LogP contribution is 2.22. The van der Waals surface area contributed by atoms with E-state index in [1.54, 1.807) is 31.4 Å². The zero-order chi connectivity index (χ0) is 18.9. The molecule has 2 unspecified atom stereocenters. The molecule has 2 aromatic carbocycles. The molecule has 0 aromatic heterocycles. The van der Waals surface area contributed by atoms with Crippen LogP contribution in [-0.2, 0) is 11.2 Å². The van der Waals surface area contributed by atoms with Crippen molar-refractivity contribution < 1.29 is 19.4 Å². The number of hydrogen-bond acceptors (Lipinski definition) is 4. The van der Waals surface area contributed by atoms with E-state index < -0.39 is 0 Å². The van der Waals surface area contributed by atoms with Crippen molar-refractivity contribution in [1.82, 2.24) is 5.32 Å². The van der Waals surface area contributed by atoms with Crippen LogP contribution in [0.15, 0.2) is 48.5 Å². The molecule has 0 aliphatic heterocycles. The van der Waals surface area contributed by atoms with E-state index in [-0.39, 0.29) is 23.9 Å². The molecular weight excluding hydrogens is 330 g/mol. The molecule has 140 valence electrons. The molecule has 2 atom stereocenters. The average molecular weight is 357 g/mol. The van der Waals surface area contributed by atoms with Gasteiger partial charge in [0.1, 0.15) is 17.6 Å². The Bertz CT molecular complexity index is 699. The van der Waals surface area contributed by atoms with Gasteiger partial charge in [-0.25, -0.2) is 0 Å². The molecule has 0 fully saturated rings. The Morgan fingerprint density at radius 3 is 2.50 bits per heavy atom. The molecule has 0 heterocycles. The number of phenols is 1. The van der Waals surface area contributed by atoms with Crippen LogP contribution in [0, 0.1) is 0 Å². The Hall–Kier alpha value is -2.53. The standard InChI is InChI=1S/C21H27NO4/c1-4-19(15(2)25-3)26-20-8-6-5-7-18(20)21(24)22-14-13-16-9-11-17(23)12-10-16/h5-12,15,19,23H,4,13-14H2,1-3H3,(H,22,24). The summed E-state index contributed by atoms with van der Waals surface area (Å²) in [7, 11) is 1.65. The normalized spacial score (nSPS) is 13.0. The highest BCUT2D eigenvalue weighted by atomic mass is 16.5. The number of carbonyl (C=O) groups is 1. The maximum absolute atomic E-state index is 12.6. The lowest BCUT2D eigenvalue weighted by atomic mass is 10.1. The van der Waals surface area contributed by atoms with Crippen LogP contribution in [-0.4, -0.2) is 36.9 Å². The average Bonchev–Trinajstić information content (AvgIpc) is 2.67. The van der Waals surface area contributed by atoms with Gasteiger partial charge >= 0.3 is 0 Å². The SMILES string of the molecule is CCC(Oc1ccccc1C(=O)NCCc1ccc(O)cc1)C(C)OC. The highest BCUT2D eigenvalue weighted by molar-refractivity contribution is 5.96. The summed E-state index contributed by atoms with van der Waals surface area (Å²) in [6, 6.07) is 14.2. The molecule has 0 aliphatic rings. The van der Waals surface area contributed by atoms with E-state index in [0.717, 1.165) is 12.0 Å².